The molecule has 1 aliphatic rings. The minimum atomic E-state index is 0.0178. The molecule has 0 spiro atoms. The molecule has 1 amide bonds. The molecule has 7 nitrogen and oxygen atoms in total. The third-order valence-electron chi connectivity index (χ3n) is 5.48. The number of anilines is 1. The summed E-state index contributed by atoms with van der Waals surface area (Å²) < 4.78 is 10.6. The summed E-state index contributed by atoms with van der Waals surface area (Å²) in [4.78, 5) is 26.0. The lowest BCUT2D eigenvalue weighted by atomic mass is 10.0. The molecule has 0 saturated carbocycles. The minimum Gasteiger partial charge on any atom is -0.493 e. The molecule has 0 bridgehead atoms. The molecule has 1 saturated heterocycles. The molecule has 158 valence electrons. The monoisotopic (exact) mass is 426 g/mol. The molecule has 3 heterocycles. The van der Waals surface area contributed by atoms with Crippen molar-refractivity contribution in [2.24, 2.45) is 0 Å². The van der Waals surface area contributed by atoms with E-state index in [2.05, 4.69) is 28.3 Å². The van der Waals surface area contributed by atoms with Crippen molar-refractivity contribution in [3.8, 4) is 11.5 Å². The van der Waals surface area contributed by atoms with Crippen molar-refractivity contribution in [1.29, 1.82) is 0 Å². The van der Waals surface area contributed by atoms with Gasteiger partial charge in [0.05, 0.1) is 19.6 Å². The maximum Gasteiger partial charge on any atom is 0.253 e. The van der Waals surface area contributed by atoms with Crippen LogP contribution in [-0.2, 0) is 6.42 Å². The molecule has 2 aromatic heterocycles. The highest BCUT2D eigenvalue weighted by atomic mass is 32.1. The largest absolute Gasteiger partial charge is 0.493 e. The molecule has 8 heteroatoms. The summed E-state index contributed by atoms with van der Waals surface area (Å²) >= 11 is 1.72. The quantitative estimate of drug-likeness (QED) is 0.642. The van der Waals surface area contributed by atoms with Gasteiger partial charge in [-0.2, -0.15) is 0 Å². The Kier molecular flexibility index (Phi) is 6.03. The Morgan fingerprint density at radius 3 is 2.63 bits per heavy atom. The van der Waals surface area contributed by atoms with Gasteiger partial charge >= 0.3 is 0 Å². The highest BCUT2D eigenvalue weighted by molar-refractivity contribution is 7.18. The fourth-order valence-electron chi connectivity index (χ4n) is 3.77. The topological polar surface area (TPSA) is 76.6 Å². The van der Waals surface area contributed by atoms with Crippen LogP contribution in [0.5, 0.6) is 11.5 Å². The SMILES string of the molecule is CCc1cc2c(NC3CCN(C(=O)c4ccc(OC)c(OC)c4)CC3)ncnc2s1. The lowest BCUT2D eigenvalue weighted by Gasteiger charge is -2.33. The molecule has 0 aliphatic carbocycles. The second-order valence-electron chi connectivity index (χ2n) is 7.29. The van der Waals surface area contributed by atoms with Gasteiger partial charge < -0.3 is 19.7 Å². The second kappa shape index (κ2) is 8.87. The van der Waals surface area contributed by atoms with Gasteiger partial charge in [-0.25, -0.2) is 9.97 Å². The van der Waals surface area contributed by atoms with Crippen LogP contribution in [0.3, 0.4) is 0 Å². The normalized spacial score (nSPS) is 14.7. The van der Waals surface area contributed by atoms with Crippen LogP contribution in [0.15, 0.2) is 30.6 Å². The summed E-state index contributed by atoms with van der Waals surface area (Å²) in [6.45, 7) is 3.54. The van der Waals surface area contributed by atoms with Gasteiger partial charge in [0.2, 0.25) is 0 Å². The first-order chi connectivity index (χ1) is 14.6. The first-order valence-electron chi connectivity index (χ1n) is 10.1. The Bertz CT molecular complexity index is 1040. The average molecular weight is 427 g/mol. The number of ether oxygens (including phenoxy) is 2. The van der Waals surface area contributed by atoms with Gasteiger partial charge in [-0.15, -0.1) is 11.3 Å². The molecule has 1 fully saturated rings. The zero-order chi connectivity index (χ0) is 21.1. The predicted octanol–water partition coefficient (Wildman–Crippen LogP) is 3.99. The van der Waals surface area contributed by atoms with Crippen LogP contribution < -0.4 is 14.8 Å². The predicted molar refractivity (Wildman–Crippen MR) is 119 cm³/mol. The second-order valence-corrected chi connectivity index (χ2v) is 8.40. The van der Waals surface area contributed by atoms with Crippen molar-refractivity contribution in [3.05, 3.63) is 41.0 Å². The van der Waals surface area contributed by atoms with Gasteiger partial charge in [0.1, 0.15) is 17.0 Å². The van der Waals surface area contributed by atoms with E-state index in [9.17, 15) is 4.79 Å². The van der Waals surface area contributed by atoms with Crippen molar-refractivity contribution >= 4 is 33.3 Å². The molecule has 1 N–H and O–H groups in total. The number of fused-ring (bicyclic) bond motifs is 1. The van der Waals surface area contributed by atoms with E-state index in [1.54, 1.807) is 50.1 Å². The van der Waals surface area contributed by atoms with Gasteiger partial charge in [-0.05, 0) is 43.5 Å². The molecule has 1 aromatic carbocycles. The molecule has 3 aromatic rings. The number of amides is 1. The number of thiophene rings is 1. The Hall–Kier alpha value is -2.87. The first-order valence-corrected chi connectivity index (χ1v) is 11.0. The maximum atomic E-state index is 12.9. The van der Waals surface area contributed by atoms with E-state index in [1.165, 1.54) is 4.88 Å². The van der Waals surface area contributed by atoms with Crippen molar-refractivity contribution in [2.75, 3.05) is 32.6 Å². The van der Waals surface area contributed by atoms with Crippen LogP contribution in [0.25, 0.3) is 10.2 Å². The van der Waals surface area contributed by atoms with Crippen molar-refractivity contribution in [1.82, 2.24) is 14.9 Å². The molecule has 0 unspecified atom stereocenters. The van der Waals surface area contributed by atoms with E-state index in [-0.39, 0.29) is 11.9 Å². The Balaban J connectivity index is 1.41. The number of aromatic nitrogens is 2. The molecular formula is C22H26N4O3S. The number of benzene rings is 1. The van der Waals surface area contributed by atoms with E-state index < -0.39 is 0 Å². The molecule has 0 radical (unpaired) electrons. The van der Waals surface area contributed by atoms with Crippen LogP contribution in [0.1, 0.15) is 35.0 Å². The fourth-order valence-corrected chi connectivity index (χ4v) is 4.70. The van der Waals surface area contributed by atoms with Gasteiger partial charge in [0.25, 0.3) is 5.91 Å². The minimum absolute atomic E-state index is 0.0178. The number of carbonyl (C=O) groups excluding carboxylic acids is 1. The number of carbonyl (C=O) groups is 1. The third-order valence-corrected chi connectivity index (χ3v) is 6.67. The van der Waals surface area contributed by atoms with Crippen molar-refractivity contribution < 1.29 is 14.3 Å². The molecule has 30 heavy (non-hydrogen) atoms. The Morgan fingerprint density at radius 1 is 1.17 bits per heavy atom. The smallest absolute Gasteiger partial charge is 0.253 e. The van der Waals surface area contributed by atoms with Gasteiger partial charge in [-0.1, -0.05) is 6.92 Å². The van der Waals surface area contributed by atoms with E-state index in [4.69, 9.17) is 9.47 Å². The summed E-state index contributed by atoms with van der Waals surface area (Å²) in [6.07, 6.45) is 4.36. The molecule has 1 aliphatic heterocycles. The van der Waals surface area contributed by atoms with E-state index in [1.807, 2.05) is 4.90 Å². The van der Waals surface area contributed by atoms with Gasteiger partial charge in [0.15, 0.2) is 11.5 Å². The van der Waals surface area contributed by atoms with E-state index in [0.29, 0.717) is 30.2 Å². The number of nitrogens with one attached hydrogen (secondary N) is 1. The summed E-state index contributed by atoms with van der Waals surface area (Å²) in [5, 5.41) is 4.66. The van der Waals surface area contributed by atoms with Crippen LogP contribution in [-0.4, -0.2) is 54.1 Å². The van der Waals surface area contributed by atoms with E-state index >= 15 is 0 Å². The maximum absolute atomic E-state index is 12.9. The summed E-state index contributed by atoms with van der Waals surface area (Å²) in [6, 6.07) is 7.76. The number of rotatable bonds is 6. The highest BCUT2D eigenvalue weighted by Crippen LogP contribution is 2.31. The number of likely N-dealkylation sites (tertiary alicyclic amines) is 1. The van der Waals surface area contributed by atoms with Crippen molar-refractivity contribution in [3.63, 3.8) is 0 Å². The number of hydrogen-bond acceptors (Lipinski definition) is 7. The number of nitrogens with zero attached hydrogens (tertiary/aromatic N) is 3. The van der Waals surface area contributed by atoms with Crippen LogP contribution in [0.4, 0.5) is 5.82 Å². The van der Waals surface area contributed by atoms with Gasteiger partial charge in [0, 0.05) is 29.6 Å². The summed E-state index contributed by atoms with van der Waals surface area (Å²) in [7, 11) is 3.16. The standard InChI is InChI=1S/C22H26N4O3S/c1-4-16-12-17-20(23-13-24-21(17)30-16)25-15-7-9-26(10-8-15)22(27)14-5-6-18(28-2)19(11-14)29-3/h5-6,11-13,15H,4,7-10H2,1-3H3,(H,23,24,25). The fraction of sp³-hybridized carbons (Fsp3) is 0.409. The number of methoxy groups -OCH3 is 2. The Labute approximate surface area is 180 Å². The lowest BCUT2D eigenvalue weighted by molar-refractivity contribution is 0.0718. The zero-order valence-corrected chi connectivity index (χ0v) is 18.3. The molecule has 0 atom stereocenters. The van der Waals surface area contributed by atoms with Gasteiger partial charge in [-0.3, -0.25) is 4.79 Å². The third kappa shape index (κ3) is 4.05. The summed E-state index contributed by atoms with van der Waals surface area (Å²) in [5.41, 5.74) is 0.613. The summed E-state index contributed by atoms with van der Waals surface area (Å²) in [5.74, 6) is 2.09. The number of piperidine rings is 1. The highest BCUT2D eigenvalue weighted by Gasteiger charge is 2.25. The molecule has 4 rings (SSSR count). The number of aryl methyl sites for hydroxylation is 1. The zero-order valence-electron chi connectivity index (χ0n) is 17.5. The van der Waals surface area contributed by atoms with Crippen LogP contribution >= 0.6 is 11.3 Å². The number of hydrogen-bond donors (Lipinski definition) is 1. The van der Waals surface area contributed by atoms with E-state index in [0.717, 1.165) is 35.3 Å². The average Bonchev–Trinajstić information content (AvgIpc) is 3.23. The lowest BCUT2D eigenvalue weighted by Crippen LogP contribution is -2.42. The van der Waals surface area contributed by atoms with Crippen LogP contribution in [0.2, 0.25) is 0 Å². The Morgan fingerprint density at radius 2 is 1.93 bits per heavy atom. The van der Waals surface area contributed by atoms with Crippen LogP contribution in [0, 0.1) is 0 Å². The first kappa shape index (κ1) is 20.4. The molecular weight excluding hydrogens is 400 g/mol. The van der Waals surface area contributed by atoms with Crippen molar-refractivity contribution in [2.45, 2.75) is 32.2 Å².